The van der Waals surface area contributed by atoms with Crippen molar-refractivity contribution in [3.63, 3.8) is 0 Å². The molecule has 1 aromatic rings. The Balaban J connectivity index is 2.22. The van der Waals surface area contributed by atoms with Gasteiger partial charge < -0.3 is 9.64 Å². The molecule has 86 valence electrons. The molecule has 16 heavy (non-hydrogen) atoms. The zero-order valence-electron chi connectivity index (χ0n) is 9.99. The van der Waals surface area contributed by atoms with Gasteiger partial charge in [0.1, 0.15) is 6.04 Å². The lowest BCUT2D eigenvalue weighted by Crippen LogP contribution is -2.53. The van der Waals surface area contributed by atoms with Gasteiger partial charge in [-0.3, -0.25) is 0 Å². The zero-order valence-corrected chi connectivity index (χ0v) is 9.99. The van der Waals surface area contributed by atoms with Gasteiger partial charge in [0.2, 0.25) is 0 Å². The van der Waals surface area contributed by atoms with Crippen molar-refractivity contribution in [3.8, 4) is 0 Å². The minimum atomic E-state index is -0.133. The first-order valence-corrected chi connectivity index (χ1v) is 5.55. The molecular formula is C13H17NO2. The second kappa shape index (κ2) is 4.16. The van der Waals surface area contributed by atoms with Crippen LogP contribution in [0.2, 0.25) is 0 Å². The molecule has 1 aliphatic rings. The molecule has 3 nitrogen and oxygen atoms in total. The maximum atomic E-state index is 11.5. The van der Waals surface area contributed by atoms with E-state index in [0.29, 0.717) is 0 Å². The summed E-state index contributed by atoms with van der Waals surface area (Å²) in [6.45, 7) is 5.09. The zero-order chi connectivity index (χ0) is 11.7. The molecule has 0 amide bonds. The van der Waals surface area contributed by atoms with Gasteiger partial charge in [0.15, 0.2) is 0 Å². The van der Waals surface area contributed by atoms with Crippen molar-refractivity contribution in [1.82, 2.24) is 0 Å². The van der Waals surface area contributed by atoms with Crippen LogP contribution in [0.25, 0.3) is 0 Å². The predicted octanol–water partition coefficient (Wildman–Crippen LogP) is 2.06. The lowest BCUT2D eigenvalue weighted by Gasteiger charge is -2.41. The number of benzene rings is 1. The number of carbonyl (C=O) groups is 1. The number of esters is 1. The number of nitrogens with zero attached hydrogens (tertiary/aromatic N) is 1. The Morgan fingerprint density at radius 1 is 1.44 bits per heavy atom. The van der Waals surface area contributed by atoms with Crippen LogP contribution in [-0.4, -0.2) is 25.7 Å². The quantitative estimate of drug-likeness (QED) is 0.713. The Kier molecular flexibility index (Phi) is 2.86. The number of aryl methyl sites for hydroxylation is 2. The van der Waals surface area contributed by atoms with Gasteiger partial charge in [-0.05, 0) is 31.9 Å². The van der Waals surface area contributed by atoms with Gasteiger partial charge >= 0.3 is 5.97 Å². The first kappa shape index (κ1) is 11.0. The maximum Gasteiger partial charge on any atom is 0.328 e. The molecule has 0 bridgehead atoms. The molecule has 0 aliphatic carbocycles. The second-order valence-electron chi connectivity index (χ2n) is 4.31. The van der Waals surface area contributed by atoms with Crippen LogP contribution in [-0.2, 0) is 9.53 Å². The molecule has 0 aromatic heterocycles. The Bertz CT molecular complexity index is 414. The van der Waals surface area contributed by atoms with Crippen molar-refractivity contribution in [2.24, 2.45) is 0 Å². The smallest absolute Gasteiger partial charge is 0.328 e. The monoisotopic (exact) mass is 219 g/mol. The molecule has 3 heteroatoms. The van der Waals surface area contributed by atoms with Crippen LogP contribution in [0.3, 0.4) is 0 Å². The average Bonchev–Trinajstić information content (AvgIpc) is 2.20. The van der Waals surface area contributed by atoms with Crippen molar-refractivity contribution >= 4 is 11.7 Å². The van der Waals surface area contributed by atoms with Gasteiger partial charge in [0.25, 0.3) is 0 Å². The van der Waals surface area contributed by atoms with E-state index >= 15 is 0 Å². The highest BCUT2D eigenvalue weighted by Crippen LogP contribution is 2.30. The highest BCUT2D eigenvalue weighted by atomic mass is 16.5. The number of hydrogen-bond donors (Lipinski definition) is 0. The van der Waals surface area contributed by atoms with Crippen LogP contribution in [0.15, 0.2) is 18.2 Å². The van der Waals surface area contributed by atoms with Crippen LogP contribution in [0.1, 0.15) is 17.5 Å². The van der Waals surface area contributed by atoms with Crippen LogP contribution in [0.5, 0.6) is 0 Å². The third-order valence-corrected chi connectivity index (χ3v) is 3.15. The summed E-state index contributed by atoms with van der Waals surface area (Å²) >= 11 is 0. The normalized spacial score (nSPS) is 19.2. The number of hydrogen-bond acceptors (Lipinski definition) is 3. The van der Waals surface area contributed by atoms with E-state index in [1.165, 1.54) is 18.2 Å². The highest BCUT2D eigenvalue weighted by molar-refractivity contribution is 5.82. The molecule has 1 heterocycles. The number of anilines is 1. The Morgan fingerprint density at radius 3 is 2.69 bits per heavy atom. The summed E-state index contributed by atoms with van der Waals surface area (Å²) in [6.07, 6.45) is 0.889. The molecule has 1 fully saturated rings. The van der Waals surface area contributed by atoms with Crippen molar-refractivity contribution in [2.75, 3.05) is 18.6 Å². The molecule has 1 aromatic carbocycles. The fourth-order valence-corrected chi connectivity index (χ4v) is 2.18. The van der Waals surface area contributed by atoms with Crippen LogP contribution < -0.4 is 4.90 Å². The van der Waals surface area contributed by atoms with E-state index in [-0.39, 0.29) is 12.0 Å². The fraction of sp³-hybridized carbons (Fsp3) is 0.462. The summed E-state index contributed by atoms with van der Waals surface area (Å²) in [6, 6.07) is 6.21. The molecule has 2 rings (SSSR count). The van der Waals surface area contributed by atoms with Gasteiger partial charge in [-0.25, -0.2) is 4.79 Å². The van der Waals surface area contributed by atoms with Crippen molar-refractivity contribution in [1.29, 1.82) is 0 Å². The molecule has 1 saturated heterocycles. The minimum Gasteiger partial charge on any atom is -0.467 e. The third kappa shape index (κ3) is 1.77. The summed E-state index contributed by atoms with van der Waals surface area (Å²) in [5.41, 5.74) is 3.61. The average molecular weight is 219 g/mol. The van der Waals surface area contributed by atoms with E-state index in [2.05, 4.69) is 36.9 Å². The summed E-state index contributed by atoms with van der Waals surface area (Å²) in [5, 5.41) is 0. The van der Waals surface area contributed by atoms with Gasteiger partial charge in [-0.2, -0.15) is 0 Å². The van der Waals surface area contributed by atoms with Crippen LogP contribution >= 0.6 is 0 Å². The summed E-state index contributed by atoms with van der Waals surface area (Å²) < 4.78 is 4.79. The van der Waals surface area contributed by atoms with Gasteiger partial charge in [-0.1, -0.05) is 17.7 Å². The molecule has 0 N–H and O–H groups in total. The van der Waals surface area contributed by atoms with E-state index < -0.39 is 0 Å². The van der Waals surface area contributed by atoms with Crippen molar-refractivity contribution in [3.05, 3.63) is 29.3 Å². The Labute approximate surface area is 96.0 Å². The van der Waals surface area contributed by atoms with Crippen molar-refractivity contribution in [2.45, 2.75) is 26.3 Å². The Morgan fingerprint density at radius 2 is 2.19 bits per heavy atom. The first-order chi connectivity index (χ1) is 7.63. The molecule has 0 radical (unpaired) electrons. The molecule has 1 aliphatic heterocycles. The Hall–Kier alpha value is -1.51. The maximum absolute atomic E-state index is 11.5. The minimum absolute atomic E-state index is 0.0913. The molecule has 1 unspecified atom stereocenters. The first-order valence-electron chi connectivity index (χ1n) is 5.55. The predicted molar refractivity (Wildman–Crippen MR) is 63.7 cm³/mol. The van der Waals surface area contributed by atoms with Gasteiger partial charge in [0.05, 0.1) is 7.11 Å². The molecule has 1 atom stereocenters. The molecule has 0 spiro atoms. The van der Waals surface area contributed by atoms with E-state index in [1.54, 1.807) is 0 Å². The van der Waals surface area contributed by atoms with E-state index in [9.17, 15) is 4.79 Å². The van der Waals surface area contributed by atoms with Crippen molar-refractivity contribution < 1.29 is 9.53 Å². The van der Waals surface area contributed by atoms with E-state index in [1.807, 2.05) is 0 Å². The number of rotatable bonds is 2. The third-order valence-electron chi connectivity index (χ3n) is 3.15. The lowest BCUT2D eigenvalue weighted by atomic mass is 9.99. The number of carbonyl (C=O) groups excluding carboxylic acids is 1. The second-order valence-corrected chi connectivity index (χ2v) is 4.31. The van der Waals surface area contributed by atoms with Crippen LogP contribution in [0.4, 0.5) is 5.69 Å². The standard InChI is InChI=1S/C13H17NO2/c1-9-4-5-11(10(2)8-9)14-7-6-12(14)13(15)16-3/h4-5,8,12H,6-7H2,1-3H3. The van der Waals surface area contributed by atoms with E-state index in [4.69, 9.17) is 4.74 Å². The lowest BCUT2D eigenvalue weighted by molar-refractivity contribution is -0.143. The molecular weight excluding hydrogens is 202 g/mol. The highest BCUT2D eigenvalue weighted by Gasteiger charge is 2.35. The van der Waals surface area contributed by atoms with Crippen LogP contribution in [0, 0.1) is 13.8 Å². The summed E-state index contributed by atoms with van der Waals surface area (Å²) in [4.78, 5) is 13.6. The number of ether oxygens (including phenoxy) is 1. The summed E-state index contributed by atoms with van der Waals surface area (Å²) in [7, 11) is 1.45. The van der Waals surface area contributed by atoms with Gasteiger partial charge in [0, 0.05) is 12.2 Å². The summed E-state index contributed by atoms with van der Waals surface area (Å²) in [5.74, 6) is -0.133. The topological polar surface area (TPSA) is 29.5 Å². The van der Waals surface area contributed by atoms with Gasteiger partial charge in [-0.15, -0.1) is 0 Å². The SMILES string of the molecule is COC(=O)C1CCN1c1ccc(C)cc1C. The molecule has 0 saturated carbocycles. The number of methoxy groups -OCH3 is 1. The largest absolute Gasteiger partial charge is 0.467 e. The van der Waals surface area contributed by atoms with E-state index in [0.717, 1.165) is 18.7 Å². The fourth-order valence-electron chi connectivity index (χ4n) is 2.18.